The zero-order valence-electron chi connectivity index (χ0n) is 11.7. The number of halogens is 2. The van der Waals surface area contributed by atoms with E-state index in [0.29, 0.717) is 17.1 Å². The van der Waals surface area contributed by atoms with Crippen molar-refractivity contribution >= 4 is 33.4 Å². The Labute approximate surface area is 129 Å². The molecule has 1 aromatic carbocycles. The van der Waals surface area contributed by atoms with Gasteiger partial charge in [-0.2, -0.15) is 0 Å². The van der Waals surface area contributed by atoms with Gasteiger partial charge in [-0.1, -0.05) is 47.4 Å². The Bertz CT molecular complexity index is 446. The van der Waals surface area contributed by atoms with Crippen LogP contribution in [0.2, 0.25) is 5.02 Å². The molecule has 1 N–H and O–H groups in total. The highest BCUT2D eigenvalue weighted by Gasteiger charge is 2.19. The van der Waals surface area contributed by atoms with Gasteiger partial charge in [-0.05, 0) is 42.9 Å². The number of hydrogen-bond acceptors (Lipinski definition) is 1. The molecule has 0 aliphatic carbocycles. The van der Waals surface area contributed by atoms with Crippen molar-refractivity contribution in [3.8, 4) is 0 Å². The number of alkyl halides is 1. The molecule has 1 aromatic rings. The van der Waals surface area contributed by atoms with Crippen LogP contribution in [0.4, 0.5) is 0 Å². The number of benzene rings is 1. The second-order valence-electron chi connectivity index (χ2n) is 5.55. The molecule has 1 rings (SSSR count). The van der Waals surface area contributed by atoms with Crippen LogP contribution in [0.1, 0.15) is 42.6 Å². The van der Waals surface area contributed by atoms with Crippen molar-refractivity contribution < 1.29 is 4.79 Å². The van der Waals surface area contributed by atoms with Crippen molar-refractivity contribution in [1.29, 1.82) is 0 Å². The van der Waals surface area contributed by atoms with Gasteiger partial charge in [0, 0.05) is 22.5 Å². The lowest BCUT2D eigenvalue weighted by Crippen LogP contribution is -2.34. The summed E-state index contributed by atoms with van der Waals surface area (Å²) in [6, 6.07) is 5.41. The van der Waals surface area contributed by atoms with E-state index in [0.717, 1.165) is 23.7 Å². The van der Waals surface area contributed by atoms with Gasteiger partial charge in [0.2, 0.25) is 0 Å². The third-order valence-corrected chi connectivity index (χ3v) is 4.20. The van der Waals surface area contributed by atoms with Gasteiger partial charge in [-0.25, -0.2) is 0 Å². The molecule has 0 aliphatic rings. The van der Waals surface area contributed by atoms with Crippen LogP contribution >= 0.6 is 27.5 Å². The van der Waals surface area contributed by atoms with Crippen LogP contribution in [0.15, 0.2) is 18.2 Å². The maximum Gasteiger partial charge on any atom is 0.251 e. The smallest absolute Gasteiger partial charge is 0.251 e. The summed E-state index contributed by atoms with van der Waals surface area (Å²) in [5.74, 6) is -0.0492. The van der Waals surface area contributed by atoms with Crippen molar-refractivity contribution in [3.05, 3.63) is 34.3 Å². The summed E-state index contributed by atoms with van der Waals surface area (Å²) in [6.07, 6.45) is 2.19. The van der Waals surface area contributed by atoms with Crippen LogP contribution in [0.3, 0.4) is 0 Å². The maximum absolute atomic E-state index is 12.2. The predicted octanol–water partition coefficient (Wildman–Crippen LogP) is 4.58. The Balaban J connectivity index is 2.63. The van der Waals surface area contributed by atoms with E-state index < -0.39 is 0 Å². The summed E-state index contributed by atoms with van der Waals surface area (Å²) in [4.78, 5) is 12.2. The fraction of sp³-hybridized carbons (Fsp3) is 0.533. The lowest BCUT2D eigenvalue weighted by molar-refractivity contribution is 0.0934. The predicted molar refractivity (Wildman–Crippen MR) is 85.3 cm³/mol. The molecule has 2 nitrogen and oxygen atoms in total. The first-order chi connectivity index (χ1) is 8.87. The maximum atomic E-state index is 12.2. The van der Waals surface area contributed by atoms with Gasteiger partial charge in [-0.15, -0.1) is 0 Å². The van der Waals surface area contributed by atoms with Crippen LogP contribution in [-0.4, -0.2) is 17.8 Å². The van der Waals surface area contributed by atoms with Crippen molar-refractivity contribution in [3.63, 3.8) is 0 Å². The number of hydrogen-bond donors (Lipinski definition) is 1. The Morgan fingerprint density at radius 3 is 2.74 bits per heavy atom. The van der Waals surface area contributed by atoms with Crippen molar-refractivity contribution in [2.45, 2.75) is 33.6 Å². The monoisotopic (exact) mass is 345 g/mol. The van der Waals surface area contributed by atoms with Gasteiger partial charge in [0.15, 0.2) is 0 Å². The molecule has 106 valence electrons. The van der Waals surface area contributed by atoms with E-state index in [1.54, 1.807) is 12.1 Å². The van der Waals surface area contributed by atoms with E-state index in [2.05, 4.69) is 35.1 Å². The first-order valence-corrected chi connectivity index (χ1v) is 7.96. The van der Waals surface area contributed by atoms with E-state index in [9.17, 15) is 4.79 Å². The van der Waals surface area contributed by atoms with Gasteiger partial charge in [0.25, 0.3) is 5.91 Å². The summed E-state index contributed by atoms with van der Waals surface area (Å²) in [7, 11) is 0. The highest BCUT2D eigenvalue weighted by Crippen LogP contribution is 2.23. The fourth-order valence-electron chi connectivity index (χ4n) is 1.90. The molecule has 0 radical (unpaired) electrons. The molecule has 0 saturated heterocycles. The highest BCUT2D eigenvalue weighted by atomic mass is 79.9. The van der Waals surface area contributed by atoms with Gasteiger partial charge in [0.1, 0.15) is 0 Å². The minimum Gasteiger partial charge on any atom is -0.351 e. The second kappa shape index (κ2) is 7.30. The molecule has 0 aliphatic heterocycles. The lowest BCUT2D eigenvalue weighted by Gasteiger charge is -2.24. The van der Waals surface area contributed by atoms with E-state index in [1.165, 1.54) is 0 Å². The highest BCUT2D eigenvalue weighted by molar-refractivity contribution is 9.09. The van der Waals surface area contributed by atoms with Gasteiger partial charge >= 0.3 is 0 Å². The van der Waals surface area contributed by atoms with Crippen LogP contribution < -0.4 is 5.32 Å². The molecule has 1 amide bonds. The number of rotatable bonds is 6. The normalized spacial score (nSPS) is 11.4. The molecule has 19 heavy (non-hydrogen) atoms. The average Bonchev–Trinajstić information content (AvgIpc) is 2.37. The Hall–Kier alpha value is -0.540. The minimum atomic E-state index is -0.0492. The number of carbonyl (C=O) groups is 1. The molecule has 0 spiro atoms. The van der Waals surface area contributed by atoms with Crippen LogP contribution in [0.25, 0.3) is 0 Å². The van der Waals surface area contributed by atoms with E-state index in [-0.39, 0.29) is 11.3 Å². The number of carbonyl (C=O) groups excluding carboxylic acids is 1. The second-order valence-corrected chi connectivity index (χ2v) is 6.75. The number of amides is 1. The molecular formula is C15H21BrClNO. The minimum absolute atomic E-state index is 0.0492. The first kappa shape index (κ1) is 16.5. The average molecular weight is 347 g/mol. The molecule has 0 heterocycles. The SMILES string of the molecule is Cc1c(Cl)cccc1C(=O)NCC(C)(C)CCCBr. The molecule has 0 saturated carbocycles. The van der Waals surface area contributed by atoms with E-state index >= 15 is 0 Å². The fourth-order valence-corrected chi connectivity index (χ4v) is 2.36. The van der Waals surface area contributed by atoms with Crippen molar-refractivity contribution in [2.75, 3.05) is 11.9 Å². The summed E-state index contributed by atoms with van der Waals surface area (Å²) in [5, 5.41) is 4.63. The van der Waals surface area contributed by atoms with Gasteiger partial charge in [0.05, 0.1) is 0 Å². The lowest BCUT2D eigenvalue weighted by atomic mass is 9.88. The Kier molecular flexibility index (Phi) is 6.34. The third-order valence-electron chi connectivity index (χ3n) is 3.23. The van der Waals surface area contributed by atoms with E-state index in [1.807, 2.05) is 13.0 Å². The van der Waals surface area contributed by atoms with Crippen molar-refractivity contribution in [1.82, 2.24) is 5.32 Å². The van der Waals surface area contributed by atoms with E-state index in [4.69, 9.17) is 11.6 Å². The van der Waals surface area contributed by atoms with Gasteiger partial charge in [-0.3, -0.25) is 4.79 Å². The van der Waals surface area contributed by atoms with Crippen LogP contribution in [-0.2, 0) is 0 Å². The van der Waals surface area contributed by atoms with Crippen molar-refractivity contribution in [2.24, 2.45) is 5.41 Å². The Morgan fingerprint density at radius 1 is 1.42 bits per heavy atom. The molecule has 0 aromatic heterocycles. The quantitative estimate of drug-likeness (QED) is 0.751. The topological polar surface area (TPSA) is 29.1 Å². The zero-order valence-corrected chi connectivity index (χ0v) is 14.1. The molecule has 4 heteroatoms. The summed E-state index contributed by atoms with van der Waals surface area (Å²) in [6.45, 7) is 6.87. The summed E-state index contributed by atoms with van der Waals surface area (Å²) >= 11 is 9.47. The molecular weight excluding hydrogens is 326 g/mol. The molecule has 0 atom stereocenters. The van der Waals surface area contributed by atoms with Crippen LogP contribution in [0.5, 0.6) is 0 Å². The molecule has 0 bridgehead atoms. The standard InChI is InChI=1S/C15H21BrClNO/c1-11-12(6-4-7-13(11)17)14(19)18-10-15(2,3)8-5-9-16/h4,6-7H,5,8-10H2,1-3H3,(H,18,19). The molecule has 0 fully saturated rings. The Morgan fingerprint density at radius 2 is 2.11 bits per heavy atom. The first-order valence-electron chi connectivity index (χ1n) is 6.47. The third kappa shape index (κ3) is 5.15. The number of nitrogens with one attached hydrogen (secondary N) is 1. The largest absolute Gasteiger partial charge is 0.351 e. The molecule has 0 unspecified atom stereocenters. The van der Waals surface area contributed by atoms with Crippen LogP contribution in [0, 0.1) is 12.3 Å². The summed E-state index contributed by atoms with van der Waals surface area (Å²) < 4.78 is 0. The summed E-state index contributed by atoms with van der Waals surface area (Å²) in [5.41, 5.74) is 1.60. The van der Waals surface area contributed by atoms with Gasteiger partial charge < -0.3 is 5.32 Å². The zero-order chi connectivity index (χ0) is 14.5.